The van der Waals surface area contributed by atoms with Crippen LogP contribution in [0.1, 0.15) is 32.1 Å². The average molecular weight is 257 g/mol. The molecular weight excluding hydrogens is 241 g/mol. The largest absolute Gasteiger partial charge is 0.274 e. The zero-order chi connectivity index (χ0) is 9.40. The predicted molar refractivity (Wildman–Crippen MR) is 55.5 cm³/mol. The Kier molecular flexibility index (Phi) is 8.02. The Balaban J connectivity index is 3.14. The fourth-order valence-corrected chi connectivity index (χ4v) is 1.36. The second-order valence-electron chi connectivity index (χ2n) is 2.72. The highest BCUT2D eigenvalue weighted by molar-refractivity contribution is 9.09. The molecule has 72 valence electrons. The molecule has 0 unspecified atom stereocenters. The van der Waals surface area contributed by atoms with Crippen LogP contribution < -0.4 is 0 Å². The second kappa shape index (κ2) is 7.87. The van der Waals surface area contributed by atoms with Gasteiger partial charge in [-0.15, -0.1) is 0 Å². The molecule has 2 nitrogen and oxygen atoms in total. The van der Waals surface area contributed by atoms with E-state index in [2.05, 4.69) is 15.9 Å². The van der Waals surface area contributed by atoms with Gasteiger partial charge in [0, 0.05) is 30.6 Å². The number of alkyl halides is 1. The van der Waals surface area contributed by atoms with Crippen LogP contribution in [0.25, 0.3) is 0 Å². The van der Waals surface area contributed by atoms with Crippen molar-refractivity contribution in [2.24, 2.45) is 0 Å². The molecule has 4 heteroatoms. The van der Waals surface area contributed by atoms with Crippen LogP contribution in [0.4, 0.5) is 0 Å². The first-order valence-corrected chi connectivity index (χ1v) is 5.62. The van der Waals surface area contributed by atoms with Gasteiger partial charge < -0.3 is 0 Å². The summed E-state index contributed by atoms with van der Waals surface area (Å²) in [5, 5.41) is 1.05. The standard InChI is InChI=1S/C8H15BrClNO/c1-11(10)8(12)6-4-2-3-5-7-9/h2-7H2,1H3. The Bertz CT molecular complexity index is 130. The third-order valence-corrected chi connectivity index (χ3v) is 2.37. The van der Waals surface area contributed by atoms with Crippen molar-refractivity contribution in [1.82, 2.24) is 4.42 Å². The van der Waals surface area contributed by atoms with Crippen molar-refractivity contribution >= 4 is 33.6 Å². The van der Waals surface area contributed by atoms with E-state index in [0.717, 1.165) is 22.6 Å². The van der Waals surface area contributed by atoms with E-state index >= 15 is 0 Å². The summed E-state index contributed by atoms with van der Waals surface area (Å²) in [5.41, 5.74) is 0. The molecule has 0 bridgehead atoms. The predicted octanol–water partition coefficient (Wildman–Crippen LogP) is 2.94. The van der Waals surface area contributed by atoms with E-state index < -0.39 is 0 Å². The van der Waals surface area contributed by atoms with Crippen LogP contribution >= 0.6 is 27.7 Å². The van der Waals surface area contributed by atoms with Gasteiger partial charge in [-0.2, -0.15) is 0 Å². The van der Waals surface area contributed by atoms with E-state index in [4.69, 9.17) is 11.8 Å². The number of nitrogens with zero attached hydrogens (tertiary/aromatic N) is 1. The summed E-state index contributed by atoms with van der Waals surface area (Å²) in [7, 11) is 1.57. The van der Waals surface area contributed by atoms with Crippen molar-refractivity contribution in [3.63, 3.8) is 0 Å². The zero-order valence-corrected chi connectivity index (χ0v) is 9.70. The van der Waals surface area contributed by atoms with E-state index in [1.54, 1.807) is 7.05 Å². The van der Waals surface area contributed by atoms with Gasteiger partial charge in [0.1, 0.15) is 0 Å². The molecule has 0 saturated carbocycles. The number of rotatable bonds is 6. The molecule has 1 amide bonds. The summed E-state index contributed by atoms with van der Waals surface area (Å²) in [5.74, 6) is 0.00973. The Hall–Kier alpha value is 0.240. The molecule has 0 fully saturated rings. The first-order chi connectivity index (χ1) is 5.68. The smallest absolute Gasteiger partial charge is 0.236 e. The van der Waals surface area contributed by atoms with Crippen molar-refractivity contribution in [3.05, 3.63) is 0 Å². The molecule has 0 aromatic carbocycles. The molecule has 0 rings (SSSR count). The summed E-state index contributed by atoms with van der Waals surface area (Å²) in [6, 6.07) is 0. The van der Waals surface area contributed by atoms with Gasteiger partial charge >= 0.3 is 0 Å². The molecule has 0 aromatic rings. The molecule has 0 spiro atoms. The van der Waals surface area contributed by atoms with E-state index in [1.807, 2.05) is 0 Å². The monoisotopic (exact) mass is 255 g/mol. The number of halogens is 2. The van der Waals surface area contributed by atoms with E-state index in [0.29, 0.717) is 6.42 Å². The first-order valence-electron chi connectivity index (χ1n) is 4.16. The molecule has 0 saturated heterocycles. The Morgan fingerprint density at radius 3 is 2.42 bits per heavy atom. The molecule has 0 heterocycles. The fraction of sp³-hybridized carbons (Fsp3) is 0.875. The van der Waals surface area contributed by atoms with Crippen LogP contribution in [0.3, 0.4) is 0 Å². The fourth-order valence-electron chi connectivity index (χ4n) is 0.878. The summed E-state index contributed by atoms with van der Waals surface area (Å²) in [6.45, 7) is 0. The molecular formula is C8H15BrClNO. The number of carbonyl (C=O) groups excluding carboxylic acids is 1. The zero-order valence-electron chi connectivity index (χ0n) is 7.35. The third kappa shape index (κ3) is 6.92. The van der Waals surface area contributed by atoms with E-state index in [-0.39, 0.29) is 5.91 Å². The van der Waals surface area contributed by atoms with Crippen LogP contribution in [-0.2, 0) is 4.79 Å². The van der Waals surface area contributed by atoms with Gasteiger partial charge in [-0.1, -0.05) is 28.8 Å². The van der Waals surface area contributed by atoms with Gasteiger partial charge in [0.15, 0.2) is 0 Å². The van der Waals surface area contributed by atoms with Crippen molar-refractivity contribution in [2.75, 3.05) is 12.4 Å². The van der Waals surface area contributed by atoms with Crippen LogP contribution in [0, 0.1) is 0 Å². The lowest BCUT2D eigenvalue weighted by atomic mass is 10.1. The Morgan fingerprint density at radius 2 is 1.92 bits per heavy atom. The molecule has 0 aromatic heterocycles. The second-order valence-corrected chi connectivity index (χ2v) is 4.02. The lowest BCUT2D eigenvalue weighted by molar-refractivity contribution is -0.125. The summed E-state index contributed by atoms with van der Waals surface area (Å²) >= 11 is 8.80. The lowest BCUT2D eigenvalue weighted by Crippen LogP contribution is -2.15. The van der Waals surface area contributed by atoms with Crippen molar-refractivity contribution < 1.29 is 4.79 Å². The average Bonchev–Trinajstić information content (AvgIpc) is 2.03. The number of hydrogen-bond donors (Lipinski definition) is 0. The maximum absolute atomic E-state index is 11.0. The van der Waals surface area contributed by atoms with E-state index in [9.17, 15) is 4.79 Å². The highest BCUT2D eigenvalue weighted by atomic mass is 79.9. The Labute approximate surface area is 87.5 Å². The van der Waals surface area contributed by atoms with Gasteiger partial charge in [0.2, 0.25) is 5.91 Å². The molecule has 0 N–H and O–H groups in total. The molecule has 0 atom stereocenters. The van der Waals surface area contributed by atoms with Crippen molar-refractivity contribution in [2.45, 2.75) is 32.1 Å². The minimum Gasteiger partial charge on any atom is -0.274 e. The van der Waals surface area contributed by atoms with Crippen LogP contribution in [0.5, 0.6) is 0 Å². The number of unbranched alkanes of at least 4 members (excludes halogenated alkanes) is 3. The topological polar surface area (TPSA) is 20.3 Å². The van der Waals surface area contributed by atoms with Gasteiger partial charge in [0.25, 0.3) is 0 Å². The van der Waals surface area contributed by atoms with Gasteiger partial charge in [0.05, 0.1) is 0 Å². The van der Waals surface area contributed by atoms with Gasteiger partial charge in [-0.3, -0.25) is 9.21 Å². The van der Waals surface area contributed by atoms with Crippen LogP contribution in [-0.4, -0.2) is 22.7 Å². The highest BCUT2D eigenvalue weighted by Crippen LogP contribution is 2.06. The van der Waals surface area contributed by atoms with Gasteiger partial charge in [-0.25, -0.2) is 0 Å². The van der Waals surface area contributed by atoms with Crippen molar-refractivity contribution in [3.8, 4) is 0 Å². The third-order valence-electron chi connectivity index (χ3n) is 1.62. The normalized spacial score (nSPS) is 9.92. The maximum atomic E-state index is 11.0. The lowest BCUT2D eigenvalue weighted by Gasteiger charge is -2.05. The quantitative estimate of drug-likeness (QED) is 0.406. The maximum Gasteiger partial charge on any atom is 0.236 e. The summed E-state index contributed by atoms with van der Waals surface area (Å²) in [6.07, 6.45) is 5.00. The highest BCUT2D eigenvalue weighted by Gasteiger charge is 2.03. The van der Waals surface area contributed by atoms with Crippen LogP contribution in [0.2, 0.25) is 0 Å². The number of carbonyl (C=O) groups is 1. The SMILES string of the molecule is CN(Cl)C(=O)CCCCCCBr. The first kappa shape index (κ1) is 12.2. The summed E-state index contributed by atoms with van der Waals surface area (Å²) < 4.78 is 1.13. The van der Waals surface area contributed by atoms with Crippen LogP contribution in [0.15, 0.2) is 0 Å². The molecule has 0 aliphatic carbocycles. The molecule has 0 aliphatic heterocycles. The molecule has 0 aliphatic rings. The van der Waals surface area contributed by atoms with Crippen molar-refractivity contribution in [1.29, 1.82) is 0 Å². The molecule has 0 radical (unpaired) electrons. The number of amides is 1. The molecule has 12 heavy (non-hydrogen) atoms. The minimum absolute atomic E-state index is 0.00973. The number of hydrogen-bond acceptors (Lipinski definition) is 1. The van der Waals surface area contributed by atoms with E-state index in [1.165, 1.54) is 12.8 Å². The summed E-state index contributed by atoms with van der Waals surface area (Å²) in [4.78, 5) is 11.0. The Morgan fingerprint density at radius 1 is 1.33 bits per heavy atom. The minimum atomic E-state index is 0.00973. The van der Waals surface area contributed by atoms with Gasteiger partial charge in [-0.05, 0) is 12.8 Å².